The predicted octanol–water partition coefficient (Wildman–Crippen LogP) is 1.09. The summed E-state index contributed by atoms with van der Waals surface area (Å²) in [6, 6.07) is 0. The Bertz CT molecular complexity index is 289. The number of amides is 1. The number of nitrogens with one attached hydrogen (secondary N) is 1. The monoisotopic (exact) mass is 199 g/mol. The van der Waals surface area contributed by atoms with Crippen molar-refractivity contribution in [3.63, 3.8) is 0 Å². The third kappa shape index (κ3) is 3.88. The molecule has 1 N–H and O–H groups in total. The SMILES string of the molecule is CC(C)(C)OC(=O)NCc1ncon1. The largest absolute Gasteiger partial charge is 0.444 e. The second kappa shape index (κ2) is 4.08. The number of hydrogen-bond acceptors (Lipinski definition) is 5. The molecule has 0 aliphatic carbocycles. The second-order valence-corrected chi connectivity index (χ2v) is 3.70. The molecule has 1 aromatic heterocycles. The average Bonchev–Trinajstić information content (AvgIpc) is 2.49. The molecule has 1 heterocycles. The minimum absolute atomic E-state index is 0.200. The summed E-state index contributed by atoms with van der Waals surface area (Å²) in [7, 11) is 0. The summed E-state index contributed by atoms with van der Waals surface area (Å²) in [5, 5.41) is 6.02. The number of nitrogens with zero attached hydrogens (tertiary/aromatic N) is 2. The Balaban J connectivity index is 2.29. The molecule has 0 aliphatic heterocycles. The minimum atomic E-state index is -0.499. The van der Waals surface area contributed by atoms with Gasteiger partial charge in [0.2, 0.25) is 6.39 Å². The molecule has 0 radical (unpaired) electrons. The number of ether oxygens (including phenoxy) is 1. The maximum absolute atomic E-state index is 11.1. The highest BCUT2D eigenvalue weighted by Gasteiger charge is 2.15. The Morgan fingerprint density at radius 3 is 2.86 bits per heavy atom. The number of carbonyl (C=O) groups excluding carboxylic acids is 1. The molecule has 0 saturated heterocycles. The van der Waals surface area contributed by atoms with E-state index in [1.54, 1.807) is 20.8 Å². The molecule has 0 aliphatic rings. The van der Waals surface area contributed by atoms with Crippen LogP contribution in [-0.2, 0) is 11.3 Å². The molecule has 0 fully saturated rings. The van der Waals surface area contributed by atoms with Gasteiger partial charge in [-0.15, -0.1) is 0 Å². The standard InChI is InChI=1S/C8H13N3O3/c1-8(2,3)14-7(12)9-4-6-10-5-13-11-6/h5H,4H2,1-3H3,(H,9,12). The molecule has 0 spiro atoms. The summed E-state index contributed by atoms with van der Waals surface area (Å²) in [5.74, 6) is 0.413. The molecule has 78 valence electrons. The van der Waals surface area contributed by atoms with Crippen molar-refractivity contribution in [3.05, 3.63) is 12.2 Å². The fraction of sp³-hybridized carbons (Fsp3) is 0.625. The highest BCUT2D eigenvalue weighted by atomic mass is 16.6. The van der Waals surface area contributed by atoms with Gasteiger partial charge in [0.05, 0.1) is 6.54 Å². The molecule has 6 nitrogen and oxygen atoms in total. The van der Waals surface area contributed by atoms with Crippen LogP contribution in [0.5, 0.6) is 0 Å². The van der Waals surface area contributed by atoms with E-state index in [0.717, 1.165) is 0 Å². The molecule has 0 atom stereocenters. The van der Waals surface area contributed by atoms with Crippen LogP contribution < -0.4 is 5.32 Å². The number of aromatic nitrogens is 2. The first-order valence-electron chi connectivity index (χ1n) is 4.19. The van der Waals surface area contributed by atoms with Crippen molar-refractivity contribution in [1.29, 1.82) is 0 Å². The van der Waals surface area contributed by atoms with Crippen molar-refractivity contribution in [2.24, 2.45) is 0 Å². The van der Waals surface area contributed by atoms with Gasteiger partial charge >= 0.3 is 6.09 Å². The van der Waals surface area contributed by atoms with Gasteiger partial charge in [0.25, 0.3) is 0 Å². The summed E-state index contributed by atoms with van der Waals surface area (Å²) in [4.78, 5) is 14.9. The zero-order chi connectivity index (χ0) is 10.6. The van der Waals surface area contributed by atoms with Crippen LogP contribution in [0.4, 0.5) is 4.79 Å². The second-order valence-electron chi connectivity index (χ2n) is 3.70. The summed E-state index contributed by atoms with van der Waals surface area (Å²) >= 11 is 0. The van der Waals surface area contributed by atoms with E-state index in [9.17, 15) is 4.79 Å². The molecule has 0 saturated carbocycles. The van der Waals surface area contributed by atoms with E-state index in [4.69, 9.17) is 4.74 Å². The van der Waals surface area contributed by atoms with E-state index in [2.05, 4.69) is 20.0 Å². The summed E-state index contributed by atoms with van der Waals surface area (Å²) in [6.07, 6.45) is 0.703. The van der Waals surface area contributed by atoms with Crippen LogP contribution in [0.25, 0.3) is 0 Å². The van der Waals surface area contributed by atoms with Gasteiger partial charge in [-0.3, -0.25) is 0 Å². The minimum Gasteiger partial charge on any atom is -0.444 e. The van der Waals surface area contributed by atoms with Crippen molar-refractivity contribution in [1.82, 2.24) is 15.5 Å². The summed E-state index contributed by atoms with van der Waals surface area (Å²) in [5.41, 5.74) is -0.499. The van der Waals surface area contributed by atoms with Gasteiger partial charge in [0, 0.05) is 0 Å². The van der Waals surface area contributed by atoms with Gasteiger partial charge in [-0.1, -0.05) is 5.16 Å². The third-order valence-corrected chi connectivity index (χ3v) is 1.20. The van der Waals surface area contributed by atoms with Crippen LogP contribution in [0.1, 0.15) is 26.6 Å². The molecule has 1 aromatic rings. The maximum atomic E-state index is 11.1. The van der Waals surface area contributed by atoms with Crippen molar-refractivity contribution in [3.8, 4) is 0 Å². The van der Waals surface area contributed by atoms with Crippen LogP contribution in [0.3, 0.4) is 0 Å². The fourth-order valence-electron chi connectivity index (χ4n) is 0.736. The molecule has 1 rings (SSSR count). The van der Waals surface area contributed by atoms with Crippen LogP contribution >= 0.6 is 0 Å². The van der Waals surface area contributed by atoms with Crippen LogP contribution in [-0.4, -0.2) is 21.8 Å². The Kier molecular flexibility index (Phi) is 3.06. The van der Waals surface area contributed by atoms with Gasteiger partial charge < -0.3 is 14.6 Å². The summed E-state index contributed by atoms with van der Waals surface area (Å²) < 4.78 is 9.49. The molecular weight excluding hydrogens is 186 g/mol. The van der Waals surface area contributed by atoms with Crippen LogP contribution in [0.2, 0.25) is 0 Å². The maximum Gasteiger partial charge on any atom is 0.408 e. The van der Waals surface area contributed by atoms with Gasteiger partial charge in [-0.05, 0) is 20.8 Å². The fourth-order valence-corrected chi connectivity index (χ4v) is 0.736. The Morgan fingerprint density at radius 2 is 2.36 bits per heavy atom. The van der Waals surface area contributed by atoms with Crippen molar-refractivity contribution in [2.75, 3.05) is 0 Å². The highest BCUT2D eigenvalue weighted by Crippen LogP contribution is 2.06. The lowest BCUT2D eigenvalue weighted by Gasteiger charge is -2.19. The van der Waals surface area contributed by atoms with Gasteiger partial charge in [0.15, 0.2) is 5.82 Å². The number of hydrogen-bond donors (Lipinski definition) is 1. The van der Waals surface area contributed by atoms with Crippen molar-refractivity contribution >= 4 is 6.09 Å². The number of alkyl carbamates (subject to hydrolysis) is 1. The zero-order valence-electron chi connectivity index (χ0n) is 8.40. The smallest absolute Gasteiger partial charge is 0.408 e. The number of rotatable bonds is 2. The lowest BCUT2D eigenvalue weighted by atomic mass is 10.2. The van der Waals surface area contributed by atoms with E-state index in [-0.39, 0.29) is 6.54 Å². The normalized spacial score (nSPS) is 11.1. The van der Waals surface area contributed by atoms with E-state index in [0.29, 0.717) is 5.82 Å². The van der Waals surface area contributed by atoms with Crippen LogP contribution in [0.15, 0.2) is 10.9 Å². The van der Waals surface area contributed by atoms with Gasteiger partial charge in [-0.2, -0.15) is 4.98 Å². The quantitative estimate of drug-likeness (QED) is 0.771. The number of carbonyl (C=O) groups is 1. The Hall–Kier alpha value is -1.59. The third-order valence-electron chi connectivity index (χ3n) is 1.20. The molecule has 14 heavy (non-hydrogen) atoms. The first kappa shape index (κ1) is 10.5. The van der Waals surface area contributed by atoms with Gasteiger partial charge in [-0.25, -0.2) is 4.79 Å². The Labute approximate surface area is 81.6 Å². The first-order chi connectivity index (χ1) is 6.47. The molecule has 6 heteroatoms. The summed E-state index contributed by atoms with van der Waals surface area (Å²) in [6.45, 7) is 5.58. The lowest BCUT2D eigenvalue weighted by molar-refractivity contribution is 0.0522. The van der Waals surface area contributed by atoms with Gasteiger partial charge in [0.1, 0.15) is 5.60 Å². The topological polar surface area (TPSA) is 77.2 Å². The van der Waals surface area contributed by atoms with E-state index < -0.39 is 11.7 Å². The first-order valence-corrected chi connectivity index (χ1v) is 4.19. The molecule has 0 unspecified atom stereocenters. The lowest BCUT2D eigenvalue weighted by Crippen LogP contribution is -2.32. The van der Waals surface area contributed by atoms with E-state index >= 15 is 0 Å². The highest BCUT2D eigenvalue weighted by molar-refractivity contribution is 5.67. The Morgan fingerprint density at radius 1 is 1.64 bits per heavy atom. The van der Waals surface area contributed by atoms with Crippen LogP contribution in [0, 0.1) is 0 Å². The average molecular weight is 199 g/mol. The molecule has 0 aromatic carbocycles. The van der Waals surface area contributed by atoms with Crippen molar-refractivity contribution in [2.45, 2.75) is 32.9 Å². The molecule has 0 bridgehead atoms. The predicted molar refractivity (Wildman–Crippen MR) is 47.4 cm³/mol. The van der Waals surface area contributed by atoms with E-state index in [1.165, 1.54) is 6.39 Å². The zero-order valence-corrected chi connectivity index (χ0v) is 8.40. The molecule has 1 amide bonds. The van der Waals surface area contributed by atoms with Crippen molar-refractivity contribution < 1.29 is 14.1 Å². The van der Waals surface area contributed by atoms with E-state index in [1.807, 2.05) is 0 Å². The molecular formula is C8H13N3O3.